The number of amides is 1. The summed E-state index contributed by atoms with van der Waals surface area (Å²) in [5.74, 6) is -0.120. The average molecular weight is 506 g/mol. The van der Waals surface area contributed by atoms with Crippen molar-refractivity contribution in [2.75, 3.05) is 12.0 Å². The van der Waals surface area contributed by atoms with Gasteiger partial charge in [0.2, 0.25) is 5.13 Å². The van der Waals surface area contributed by atoms with Crippen molar-refractivity contribution in [1.82, 2.24) is 10.2 Å². The van der Waals surface area contributed by atoms with E-state index in [0.29, 0.717) is 29.6 Å². The number of nitrogens with zero attached hydrogens (tertiary/aromatic N) is 3. The van der Waals surface area contributed by atoms with Gasteiger partial charge in [0.15, 0.2) is 16.7 Å². The van der Waals surface area contributed by atoms with Gasteiger partial charge in [-0.15, -0.1) is 10.2 Å². The molecule has 130 valence electrons. The second-order valence-corrected chi connectivity index (χ2v) is 8.58. The number of aromatic nitrogens is 2. The van der Waals surface area contributed by atoms with Crippen LogP contribution in [0.2, 0.25) is 0 Å². The number of amidine groups is 1. The number of phenols is 1. The van der Waals surface area contributed by atoms with E-state index in [0.717, 1.165) is 11.8 Å². The Bertz CT molecular complexity index is 929. The van der Waals surface area contributed by atoms with E-state index < -0.39 is 0 Å². The topological polar surface area (TPSA) is 99.4 Å². The largest absolute Gasteiger partial charge is 0.503 e. The monoisotopic (exact) mass is 504 g/mol. The predicted molar refractivity (Wildman–Crippen MR) is 105 cm³/mol. The molecule has 11 heteroatoms. The number of hydrogen-bond donors (Lipinski definition) is 2. The number of aryl methyl sites for hydroxylation is 1. The molecule has 3 rings (SSSR count). The Kier molecular flexibility index (Phi) is 5.19. The van der Waals surface area contributed by atoms with E-state index in [-0.39, 0.29) is 22.6 Å². The molecule has 0 aliphatic carbocycles. The van der Waals surface area contributed by atoms with Crippen LogP contribution in [0.5, 0.6) is 11.5 Å². The molecule has 0 atom stereocenters. The molecule has 1 amide bonds. The number of anilines is 1. The van der Waals surface area contributed by atoms with E-state index in [2.05, 4.69) is 42.1 Å². The molecule has 2 heterocycles. The Balaban J connectivity index is 2.02. The first-order valence-corrected chi connectivity index (χ1v) is 9.93. The Labute approximate surface area is 167 Å². The fraction of sp³-hybridized carbons (Fsp3) is 0.143. The SMILES string of the molecule is COc1cc(C=C2SC(=N)N(c3nnc(C)s3)C2=O)c(Br)c(Br)c1O. The summed E-state index contributed by atoms with van der Waals surface area (Å²) >= 11 is 8.95. The van der Waals surface area contributed by atoms with Crippen molar-refractivity contribution >= 4 is 77.2 Å². The summed E-state index contributed by atoms with van der Waals surface area (Å²) in [4.78, 5) is 14.3. The fourth-order valence-corrected chi connectivity index (χ4v) is 4.48. The molecule has 1 aromatic heterocycles. The van der Waals surface area contributed by atoms with Crippen LogP contribution in [-0.2, 0) is 4.79 Å². The Morgan fingerprint density at radius 3 is 2.68 bits per heavy atom. The Morgan fingerprint density at radius 1 is 1.36 bits per heavy atom. The minimum absolute atomic E-state index is 0.0411. The van der Waals surface area contributed by atoms with E-state index in [1.54, 1.807) is 19.1 Å². The van der Waals surface area contributed by atoms with Crippen LogP contribution >= 0.6 is 55.0 Å². The van der Waals surface area contributed by atoms with E-state index in [1.165, 1.54) is 23.3 Å². The number of aromatic hydroxyl groups is 1. The summed E-state index contributed by atoms with van der Waals surface area (Å²) in [5.41, 5.74) is 0.625. The molecule has 0 unspecified atom stereocenters. The van der Waals surface area contributed by atoms with Gasteiger partial charge >= 0.3 is 0 Å². The Hall–Kier alpha value is -1.43. The number of carbonyl (C=O) groups is 1. The van der Waals surface area contributed by atoms with Gasteiger partial charge in [-0.1, -0.05) is 11.3 Å². The number of thioether (sulfide) groups is 1. The lowest BCUT2D eigenvalue weighted by Crippen LogP contribution is -2.27. The highest BCUT2D eigenvalue weighted by Gasteiger charge is 2.36. The van der Waals surface area contributed by atoms with Crippen molar-refractivity contribution < 1.29 is 14.6 Å². The molecule has 1 saturated heterocycles. The maximum atomic E-state index is 12.7. The van der Waals surface area contributed by atoms with Gasteiger partial charge in [0.25, 0.3) is 5.91 Å². The lowest BCUT2D eigenvalue weighted by Gasteiger charge is -2.10. The molecular weight excluding hydrogens is 496 g/mol. The number of ether oxygens (including phenoxy) is 1. The molecule has 0 radical (unpaired) electrons. The van der Waals surface area contributed by atoms with Crippen LogP contribution in [0, 0.1) is 12.3 Å². The predicted octanol–water partition coefficient (Wildman–Crippen LogP) is 4.14. The van der Waals surface area contributed by atoms with E-state index in [1.807, 2.05) is 0 Å². The maximum absolute atomic E-state index is 12.7. The number of benzene rings is 1. The van der Waals surface area contributed by atoms with Gasteiger partial charge in [0.1, 0.15) is 5.01 Å². The van der Waals surface area contributed by atoms with E-state index >= 15 is 0 Å². The second kappa shape index (κ2) is 7.06. The number of rotatable bonds is 3. The molecule has 1 aromatic carbocycles. The van der Waals surface area contributed by atoms with Crippen molar-refractivity contribution in [3.05, 3.63) is 30.5 Å². The van der Waals surface area contributed by atoms with Crippen LogP contribution in [0.3, 0.4) is 0 Å². The molecular formula is C14H10Br2N4O3S2. The summed E-state index contributed by atoms with van der Waals surface area (Å²) < 4.78 is 6.13. The molecule has 0 spiro atoms. The third-order valence-electron chi connectivity index (χ3n) is 3.21. The molecule has 1 fully saturated rings. The number of nitrogens with one attached hydrogen (secondary N) is 1. The van der Waals surface area contributed by atoms with Crippen molar-refractivity contribution in [1.29, 1.82) is 5.41 Å². The minimum atomic E-state index is -0.346. The minimum Gasteiger partial charge on any atom is -0.503 e. The number of methoxy groups -OCH3 is 1. The summed E-state index contributed by atoms with van der Waals surface area (Å²) in [6.45, 7) is 1.78. The van der Waals surface area contributed by atoms with Crippen LogP contribution in [0.25, 0.3) is 6.08 Å². The Morgan fingerprint density at radius 2 is 2.08 bits per heavy atom. The first-order valence-electron chi connectivity index (χ1n) is 6.71. The van der Waals surface area contributed by atoms with Crippen molar-refractivity contribution in [3.8, 4) is 11.5 Å². The van der Waals surface area contributed by atoms with Gasteiger partial charge < -0.3 is 9.84 Å². The molecule has 2 N–H and O–H groups in total. The van der Waals surface area contributed by atoms with Gasteiger partial charge in [-0.2, -0.15) is 0 Å². The summed E-state index contributed by atoms with van der Waals surface area (Å²) in [5, 5.41) is 27.0. The second-order valence-electron chi connectivity index (χ2n) is 4.80. The summed E-state index contributed by atoms with van der Waals surface area (Å²) in [6, 6.07) is 1.60. The fourth-order valence-electron chi connectivity index (χ4n) is 2.05. The summed E-state index contributed by atoms with van der Waals surface area (Å²) in [6.07, 6.45) is 1.63. The molecule has 0 saturated carbocycles. The maximum Gasteiger partial charge on any atom is 0.273 e. The number of phenolic OH excluding ortho intramolecular Hbond substituents is 1. The third-order valence-corrected chi connectivity index (χ3v) is 7.08. The number of halogens is 2. The first-order chi connectivity index (χ1) is 11.8. The van der Waals surface area contributed by atoms with Crippen molar-refractivity contribution in [2.24, 2.45) is 0 Å². The zero-order valence-electron chi connectivity index (χ0n) is 12.8. The van der Waals surface area contributed by atoms with Gasteiger partial charge in [0, 0.05) is 4.47 Å². The molecule has 7 nitrogen and oxygen atoms in total. The highest BCUT2D eigenvalue weighted by Crippen LogP contribution is 2.44. The van der Waals surface area contributed by atoms with Crippen molar-refractivity contribution in [2.45, 2.75) is 6.92 Å². The van der Waals surface area contributed by atoms with Gasteiger partial charge in [0.05, 0.1) is 16.5 Å². The summed E-state index contributed by atoms with van der Waals surface area (Å²) in [7, 11) is 1.44. The van der Waals surface area contributed by atoms with Crippen LogP contribution in [0.15, 0.2) is 19.9 Å². The zero-order chi connectivity index (χ0) is 18.3. The first kappa shape index (κ1) is 18.4. The molecule has 2 aromatic rings. The normalized spacial score (nSPS) is 16.2. The number of carbonyl (C=O) groups excluding carboxylic acids is 1. The van der Waals surface area contributed by atoms with E-state index in [9.17, 15) is 9.90 Å². The van der Waals surface area contributed by atoms with Crippen LogP contribution in [-0.4, -0.2) is 33.5 Å². The van der Waals surface area contributed by atoms with E-state index in [4.69, 9.17) is 10.1 Å². The van der Waals surface area contributed by atoms with Gasteiger partial charge in [-0.3, -0.25) is 10.2 Å². The molecule has 1 aliphatic heterocycles. The standard InChI is InChI=1S/C14H10Br2N4O3S2/c1-5-18-19-14(24-5)20-12(22)8(25-13(20)17)4-6-3-7(23-2)11(21)10(16)9(6)15/h3-4,17,21H,1-2H3. The smallest absolute Gasteiger partial charge is 0.273 e. The highest BCUT2D eigenvalue weighted by molar-refractivity contribution is 9.13. The van der Waals surface area contributed by atoms with Crippen LogP contribution in [0.1, 0.15) is 10.6 Å². The third kappa shape index (κ3) is 3.33. The highest BCUT2D eigenvalue weighted by atomic mass is 79.9. The lowest BCUT2D eigenvalue weighted by molar-refractivity contribution is -0.113. The quantitative estimate of drug-likeness (QED) is 0.608. The van der Waals surface area contributed by atoms with Gasteiger partial charge in [-0.25, -0.2) is 4.90 Å². The lowest BCUT2D eigenvalue weighted by atomic mass is 10.2. The van der Waals surface area contributed by atoms with Crippen molar-refractivity contribution in [3.63, 3.8) is 0 Å². The molecule has 1 aliphatic rings. The molecule has 0 bridgehead atoms. The number of hydrogen-bond acceptors (Lipinski definition) is 8. The zero-order valence-corrected chi connectivity index (χ0v) is 17.6. The van der Waals surface area contributed by atoms with Crippen LogP contribution in [0.4, 0.5) is 5.13 Å². The van der Waals surface area contributed by atoms with Gasteiger partial charge in [-0.05, 0) is 68.3 Å². The molecule has 25 heavy (non-hydrogen) atoms. The average Bonchev–Trinajstić information content (AvgIpc) is 3.11. The van der Waals surface area contributed by atoms with Crippen LogP contribution < -0.4 is 9.64 Å².